The van der Waals surface area contributed by atoms with Crippen LogP contribution in [0.25, 0.3) is 20.7 Å². The Morgan fingerprint density at radius 3 is 2.40 bits per heavy atom. The number of carbonyl (C=O) groups is 1. The van der Waals surface area contributed by atoms with E-state index in [0.717, 1.165) is 11.9 Å². The molecule has 1 amide bonds. The Kier molecular flexibility index (Phi) is 6.00. The fraction of sp³-hybridized carbons (Fsp3) is 0.458. The van der Waals surface area contributed by atoms with Crippen LogP contribution in [0, 0.1) is 0 Å². The van der Waals surface area contributed by atoms with E-state index in [2.05, 4.69) is 10.3 Å². The number of rotatable bonds is 4. The highest BCUT2D eigenvalue weighted by molar-refractivity contribution is 7.21. The molecule has 0 aliphatic heterocycles. The molecule has 1 saturated carbocycles. The maximum absolute atomic E-state index is 12.7. The van der Waals surface area contributed by atoms with Crippen LogP contribution in [0.2, 0.25) is 0 Å². The smallest absolute Gasteiger partial charge is 0.408 e. The average molecular weight is 510 g/mol. The maximum atomic E-state index is 12.7. The average Bonchev–Trinajstić information content (AvgIpc) is 3.11. The largest absolute Gasteiger partial charge is 0.438 e. The lowest BCUT2D eigenvalue weighted by Gasteiger charge is -2.51. The maximum Gasteiger partial charge on any atom is 0.408 e. The lowest BCUT2D eigenvalue weighted by molar-refractivity contribution is -0.177. The Hall–Kier alpha value is -2.92. The van der Waals surface area contributed by atoms with Gasteiger partial charge in [0.25, 0.3) is 5.56 Å². The van der Waals surface area contributed by atoms with Crippen molar-refractivity contribution in [3.63, 3.8) is 0 Å². The third kappa shape index (κ3) is 5.51. The zero-order valence-electron chi connectivity index (χ0n) is 19.7. The Balaban J connectivity index is 1.61. The van der Waals surface area contributed by atoms with Crippen molar-refractivity contribution >= 4 is 27.6 Å². The van der Waals surface area contributed by atoms with Crippen LogP contribution < -0.4 is 10.9 Å². The second-order valence-electron chi connectivity index (χ2n) is 10.3. The van der Waals surface area contributed by atoms with Gasteiger partial charge < -0.3 is 15.2 Å². The van der Waals surface area contributed by atoms with Crippen molar-refractivity contribution in [1.82, 2.24) is 14.9 Å². The molecule has 11 heteroatoms. The summed E-state index contributed by atoms with van der Waals surface area (Å²) in [7, 11) is 0. The molecule has 1 aromatic carbocycles. The number of hydrogen-bond acceptors (Lipinski definition) is 6. The van der Waals surface area contributed by atoms with E-state index in [1.54, 1.807) is 31.2 Å². The van der Waals surface area contributed by atoms with Crippen molar-refractivity contribution in [2.45, 2.75) is 70.0 Å². The van der Waals surface area contributed by atoms with Crippen LogP contribution in [0.15, 0.2) is 41.5 Å². The van der Waals surface area contributed by atoms with E-state index in [-0.39, 0.29) is 18.2 Å². The number of hydrogen-bond donors (Lipinski definition) is 2. The van der Waals surface area contributed by atoms with E-state index < -0.39 is 41.1 Å². The minimum atomic E-state index is -4.53. The molecule has 7 nitrogen and oxygen atoms in total. The number of carbonyl (C=O) groups excluding carboxylic acids is 1. The first-order valence-corrected chi connectivity index (χ1v) is 11.8. The molecule has 1 aliphatic carbocycles. The predicted octanol–water partition coefficient (Wildman–Crippen LogP) is 4.95. The molecule has 0 unspecified atom stereocenters. The highest BCUT2D eigenvalue weighted by Crippen LogP contribution is 2.51. The normalized spacial score (nSPS) is 22.6. The number of nitrogens with zero attached hydrogens (tertiary/aromatic N) is 2. The number of nitrogens with one attached hydrogen (secondary N) is 1. The highest BCUT2D eigenvalue weighted by Gasteiger charge is 2.55. The minimum Gasteiger partial charge on any atom is -0.438 e. The van der Waals surface area contributed by atoms with Crippen LogP contribution in [0.5, 0.6) is 0 Å². The predicted molar refractivity (Wildman–Crippen MR) is 126 cm³/mol. The van der Waals surface area contributed by atoms with Crippen molar-refractivity contribution in [3.8, 4) is 10.4 Å². The Morgan fingerprint density at radius 1 is 1.23 bits per heavy atom. The lowest BCUT2D eigenvalue weighted by atomic mass is 9.65. The third-order valence-electron chi connectivity index (χ3n) is 5.66. The molecular weight excluding hydrogens is 483 g/mol. The Bertz CT molecular complexity index is 1310. The Labute approximate surface area is 203 Å². The van der Waals surface area contributed by atoms with Crippen LogP contribution in [-0.4, -0.2) is 38.1 Å². The zero-order valence-corrected chi connectivity index (χ0v) is 20.5. The molecule has 2 aromatic heterocycles. The zero-order chi connectivity index (χ0) is 25.8. The number of halogens is 3. The molecule has 0 spiro atoms. The van der Waals surface area contributed by atoms with Crippen molar-refractivity contribution in [2.24, 2.45) is 0 Å². The molecule has 35 heavy (non-hydrogen) atoms. The number of benzene rings is 1. The van der Waals surface area contributed by atoms with Gasteiger partial charge >= 0.3 is 12.3 Å². The number of aromatic nitrogens is 2. The second-order valence-corrected chi connectivity index (χ2v) is 11.3. The lowest BCUT2D eigenvalue weighted by Crippen LogP contribution is -2.57. The molecule has 2 N–H and O–H groups in total. The van der Waals surface area contributed by atoms with Gasteiger partial charge in [-0.2, -0.15) is 13.2 Å². The molecule has 188 valence electrons. The number of alkyl carbamates (subject to hydrolysis) is 1. The summed E-state index contributed by atoms with van der Waals surface area (Å²) >= 11 is 1.20. The van der Waals surface area contributed by atoms with Gasteiger partial charge in [0.2, 0.25) is 0 Å². The third-order valence-corrected chi connectivity index (χ3v) is 6.75. The summed E-state index contributed by atoms with van der Waals surface area (Å²) in [5.74, 6) is 0. The number of thiophene rings is 1. The van der Waals surface area contributed by atoms with Gasteiger partial charge in [-0.25, -0.2) is 9.78 Å². The molecule has 3 aromatic rings. The first kappa shape index (κ1) is 25.2. The summed E-state index contributed by atoms with van der Waals surface area (Å²) in [6.45, 7) is 5.79. The van der Waals surface area contributed by atoms with Gasteiger partial charge in [-0.05, 0) is 44.9 Å². The number of ether oxygens (including phenoxy) is 1. The molecular formula is C24H26F3N3O4S. The van der Waals surface area contributed by atoms with E-state index >= 15 is 0 Å². The summed E-state index contributed by atoms with van der Waals surface area (Å²) in [5.41, 5.74) is -1.73. The standard InChI is InChI=1S/C24H26F3N3O4S/c1-21(2,3)29-20(32)34-23(10-22(4,33)11-23)15-7-5-14(6-8-15)17-9-16-18(35-17)28-13-30(19(16)31)12-24(25,26)27/h5-9,13,33H,10-12H2,1-4H3,(H,29,32). The first-order valence-electron chi connectivity index (χ1n) is 11.0. The van der Waals surface area contributed by atoms with Gasteiger partial charge in [0.1, 0.15) is 17.0 Å². The van der Waals surface area contributed by atoms with E-state index in [1.807, 2.05) is 20.8 Å². The van der Waals surface area contributed by atoms with E-state index in [1.165, 1.54) is 17.4 Å². The fourth-order valence-corrected chi connectivity index (χ4v) is 5.36. The molecule has 0 atom stereocenters. The van der Waals surface area contributed by atoms with Gasteiger partial charge in [-0.3, -0.25) is 9.36 Å². The highest BCUT2D eigenvalue weighted by atomic mass is 32.1. The fourth-order valence-electron chi connectivity index (χ4n) is 4.37. The molecule has 0 radical (unpaired) electrons. The molecule has 2 heterocycles. The van der Waals surface area contributed by atoms with E-state index in [4.69, 9.17) is 4.74 Å². The summed E-state index contributed by atoms with van der Waals surface area (Å²) in [6.07, 6.45) is -3.72. The van der Waals surface area contributed by atoms with E-state index in [0.29, 0.717) is 19.8 Å². The number of aliphatic hydroxyl groups is 1. The molecule has 1 aliphatic rings. The number of fused-ring (bicyclic) bond motifs is 1. The van der Waals surface area contributed by atoms with E-state index in [9.17, 15) is 27.9 Å². The second kappa shape index (κ2) is 8.34. The number of alkyl halides is 3. The molecule has 1 fully saturated rings. The van der Waals surface area contributed by atoms with Crippen molar-refractivity contribution in [1.29, 1.82) is 0 Å². The molecule has 0 bridgehead atoms. The monoisotopic (exact) mass is 509 g/mol. The van der Waals surface area contributed by atoms with Gasteiger partial charge in [0.15, 0.2) is 0 Å². The van der Waals surface area contributed by atoms with Crippen LogP contribution in [-0.2, 0) is 16.9 Å². The number of amides is 1. The van der Waals surface area contributed by atoms with Crippen LogP contribution >= 0.6 is 11.3 Å². The van der Waals surface area contributed by atoms with Gasteiger partial charge in [-0.1, -0.05) is 24.3 Å². The van der Waals surface area contributed by atoms with Crippen molar-refractivity contribution in [2.75, 3.05) is 0 Å². The first-order chi connectivity index (χ1) is 16.1. The topological polar surface area (TPSA) is 93.5 Å². The summed E-state index contributed by atoms with van der Waals surface area (Å²) in [6, 6.07) is 8.68. The van der Waals surface area contributed by atoms with Gasteiger partial charge in [-0.15, -0.1) is 11.3 Å². The van der Waals surface area contributed by atoms with Crippen molar-refractivity contribution in [3.05, 3.63) is 52.6 Å². The van der Waals surface area contributed by atoms with Gasteiger partial charge in [0.05, 0.1) is 17.3 Å². The van der Waals surface area contributed by atoms with Gasteiger partial charge in [0, 0.05) is 23.3 Å². The minimum absolute atomic E-state index is 0.120. The van der Waals surface area contributed by atoms with Crippen LogP contribution in [0.1, 0.15) is 46.1 Å². The Morgan fingerprint density at radius 2 is 1.86 bits per heavy atom. The molecule has 4 rings (SSSR count). The van der Waals surface area contributed by atoms with Crippen LogP contribution in [0.4, 0.5) is 18.0 Å². The summed E-state index contributed by atoms with van der Waals surface area (Å²) < 4.78 is 44.5. The quantitative estimate of drug-likeness (QED) is 0.519. The van der Waals surface area contributed by atoms with Crippen molar-refractivity contribution < 1.29 is 27.8 Å². The van der Waals surface area contributed by atoms with Crippen LogP contribution in [0.3, 0.4) is 0 Å². The summed E-state index contributed by atoms with van der Waals surface area (Å²) in [4.78, 5) is 30.0. The summed E-state index contributed by atoms with van der Waals surface area (Å²) in [5, 5.41) is 13.3. The SMILES string of the molecule is CC1(O)CC(OC(=O)NC(C)(C)C)(c2ccc(-c3cc4c(=O)n(CC(F)(F)F)cnc4s3)cc2)C1. The molecule has 0 saturated heterocycles.